The lowest BCUT2D eigenvalue weighted by Gasteiger charge is -2.34. The fraction of sp³-hybridized carbons (Fsp3) is 0.364. The minimum Gasteiger partial charge on any atom is -0.393 e. The maximum absolute atomic E-state index is 13.6. The standard InChI is InChI=1S/C22H25F3N6O4/c1-2-18(34)28-15-7-3-4-8-16(15)29-19-14(22(23,24)25)10-26-21(30-19)27-13-6-5-9-31(11-13)20(35)17(33)12-32/h2-4,7-8,10,13,17,32-33H,1,5-6,9,11-12H2,(H,28,34)(H2,26,27,29,30). The van der Waals surface area contributed by atoms with Gasteiger partial charge in [0.15, 0.2) is 6.10 Å². The second-order valence-corrected chi connectivity index (χ2v) is 7.78. The van der Waals surface area contributed by atoms with Crippen molar-refractivity contribution >= 4 is 35.0 Å². The molecule has 0 saturated carbocycles. The van der Waals surface area contributed by atoms with Crippen molar-refractivity contribution in [3.05, 3.63) is 48.7 Å². The van der Waals surface area contributed by atoms with E-state index in [1.807, 2.05) is 0 Å². The molecule has 13 heteroatoms. The van der Waals surface area contributed by atoms with Crippen LogP contribution in [0.1, 0.15) is 18.4 Å². The van der Waals surface area contributed by atoms with E-state index in [2.05, 4.69) is 32.5 Å². The summed E-state index contributed by atoms with van der Waals surface area (Å²) in [6.45, 7) is 3.17. The maximum atomic E-state index is 13.6. The fourth-order valence-electron chi connectivity index (χ4n) is 3.53. The molecule has 1 saturated heterocycles. The quantitative estimate of drug-likeness (QED) is 0.352. The highest BCUT2D eigenvalue weighted by Crippen LogP contribution is 2.36. The highest BCUT2D eigenvalue weighted by Gasteiger charge is 2.36. The second-order valence-electron chi connectivity index (χ2n) is 7.78. The largest absolute Gasteiger partial charge is 0.421 e. The molecular formula is C22H25F3N6O4. The molecule has 2 atom stereocenters. The van der Waals surface area contributed by atoms with Crippen LogP contribution >= 0.6 is 0 Å². The van der Waals surface area contributed by atoms with E-state index in [-0.39, 0.29) is 29.9 Å². The lowest BCUT2D eigenvalue weighted by Crippen LogP contribution is -2.49. The molecule has 188 valence electrons. The summed E-state index contributed by atoms with van der Waals surface area (Å²) in [7, 11) is 0. The Bertz CT molecular complexity index is 1080. The summed E-state index contributed by atoms with van der Waals surface area (Å²) in [6, 6.07) is 5.78. The fourth-order valence-corrected chi connectivity index (χ4v) is 3.53. The van der Waals surface area contributed by atoms with Crippen molar-refractivity contribution in [1.82, 2.24) is 14.9 Å². The molecule has 0 spiro atoms. The summed E-state index contributed by atoms with van der Waals surface area (Å²) in [5, 5.41) is 26.7. The number of carbonyl (C=O) groups is 2. The third-order valence-corrected chi connectivity index (χ3v) is 5.24. The highest BCUT2D eigenvalue weighted by molar-refractivity contribution is 6.01. The predicted octanol–water partition coefficient (Wildman–Crippen LogP) is 2.12. The number of piperidine rings is 1. The summed E-state index contributed by atoms with van der Waals surface area (Å²) >= 11 is 0. The van der Waals surface area contributed by atoms with Crippen LogP contribution in [0.4, 0.5) is 36.3 Å². The number of amides is 2. The third-order valence-electron chi connectivity index (χ3n) is 5.24. The van der Waals surface area contributed by atoms with Gasteiger partial charge in [-0.1, -0.05) is 18.7 Å². The van der Waals surface area contributed by atoms with E-state index in [1.165, 1.54) is 17.0 Å². The number of nitrogens with one attached hydrogen (secondary N) is 3. The van der Waals surface area contributed by atoms with Crippen molar-refractivity contribution in [1.29, 1.82) is 0 Å². The number of rotatable bonds is 8. The first-order valence-electron chi connectivity index (χ1n) is 10.7. The Hall–Kier alpha value is -3.71. The number of para-hydroxylation sites is 2. The molecule has 1 aliphatic rings. The summed E-state index contributed by atoms with van der Waals surface area (Å²) in [6.07, 6.45) is -3.46. The third kappa shape index (κ3) is 6.67. The van der Waals surface area contributed by atoms with E-state index < -0.39 is 42.1 Å². The predicted molar refractivity (Wildman–Crippen MR) is 122 cm³/mol. The van der Waals surface area contributed by atoms with E-state index in [4.69, 9.17) is 5.11 Å². The molecule has 10 nitrogen and oxygen atoms in total. The van der Waals surface area contributed by atoms with Crippen LogP contribution in [-0.2, 0) is 15.8 Å². The van der Waals surface area contributed by atoms with Crippen LogP contribution < -0.4 is 16.0 Å². The van der Waals surface area contributed by atoms with Gasteiger partial charge in [-0.05, 0) is 31.1 Å². The Kier molecular flexibility index (Phi) is 8.25. The van der Waals surface area contributed by atoms with Gasteiger partial charge < -0.3 is 31.1 Å². The highest BCUT2D eigenvalue weighted by atomic mass is 19.4. The van der Waals surface area contributed by atoms with Gasteiger partial charge in [0.1, 0.15) is 11.4 Å². The number of benzene rings is 1. The summed E-state index contributed by atoms with van der Waals surface area (Å²) in [5.74, 6) is -1.80. The Morgan fingerprint density at radius 3 is 2.66 bits per heavy atom. The first-order valence-corrected chi connectivity index (χ1v) is 10.7. The number of halogens is 3. The van der Waals surface area contributed by atoms with Crippen LogP contribution in [0.15, 0.2) is 43.1 Å². The first kappa shape index (κ1) is 25.9. The number of aromatic nitrogens is 2. The lowest BCUT2D eigenvalue weighted by molar-refractivity contribution is -0.143. The Labute approximate surface area is 198 Å². The van der Waals surface area contributed by atoms with Gasteiger partial charge in [0, 0.05) is 25.3 Å². The Morgan fingerprint density at radius 2 is 2.00 bits per heavy atom. The molecule has 1 aromatic heterocycles. The number of carbonyl (C=O) groups excluding carboxylic acids is 2. The summed E-state index contributed by atoms with van der Waals surface area (Å²) < 4.78 is 40.9. The van der Waals surface area contributed by atoms with Crippen LogP contribution in [-0.4, -0.2) is 68.7 Å². The molecule has 2 aromatic rings. The minimum atomic E-state index is -4.76. The number of likely N-dealkylation sites (tertiary alicyclic amines) is 1. The molecule has 0 aliphatic carbocycles. The summed E-state index contributed by atoms with van der Waals surface area (Å²) in [5.41, 5.74) is -0.716. The van der Waals surface area contributed by atoms with Gasteiger partial charge in [-0.2, -0.15) is 18.2 Å². The Balaban J connectivity index is 1.85. The van der Waals surface area contributed by atoms with Gasteiger partial charge >= 0.3 is 6.18 Å². The van der Waals surface area contributed by atoms with Crippen LogP contribution in [0.25, 0.3) is 0 Å². The zero-order valence-electron chi connectivity index (χ0n) is 18.5. The molecule has 3 rings (SSSR count). The van der Waals surface area contributed by atoms with E-state index in [9.17, 15) is 27.9 Å². The molecule has 2 heterocycles. The van der Waals surface area contributed by atoms with Crippen LogP contribution in [0, 0.1) is 0 Å². The van der Waals surface area contributed by atoms with Gasteiger partial charge in [-0.15, -0.1) is 0 Å². The monoisotopic (exact) mass is 494 g/mol. The average molecular weight is 494 g/mol. The topological polar surface area (TPSA) is 140 Å². The van der Waals surface area contributed by atoms with E-state index in [1.54, 1.807) is 12.1 Å². The number of hydrogen-bond acceptors (Lipinski definition) is 8. The van der Waals surface area contributed by atoms with Crippen molar-refractivity contribution in [3.63, 3.8) is 0 Å². The van der Waals surface area contributed by atoms with Crippen molar-refractivity contribution in [2.45, 2.75) is 31.2 Å². The zero-order chi connectivity index (χ0) is 25.6. The maximum Gasteiger partial charge on any atom is 0.421 e. The van der Waals surface area contributed by atoms with Crippen molar-refractivity contribution in [3.8, 4) is 0 Å². The number of hydrogen-bond donors (Lipinski definition) is 5. The smallest absolute Gasteiger partial charge is 0.393 e. The number of aliphatic hydroxyl groups is 2. The van der Waals surface area contributed by atoms with Gasteiger partial charge in [0.25, 0.3) is 5.91 Å². The lowest BCUT2D eigenvalue weighted by atomic mass is 10.1. The molecule has 2 amide bonds. The Morgan fingerprint density at radius 1 is 1.29 bits per heavy atom. The zero-order valence-corrected chi connectivity index (χ0v) is 18.5. The molecule has 0 bridgehead atoms. The minimum absolute atomic E-state index is 0.102. The van der Waals surface area contributed by atoms with E-state index >= 15 is 0 Å². The van der Waals surface area contributed by atoms with Crippen molar-refractivity contribution in [2.75, 3.05) is 35.6 Å². The number of nitrogens with zero attached hydrogens (tertiary/aromatic N) is 3. The van der Waals surface area contributed by atoms with Crippen molar-refractivity contribution in [2.24, 2.45) is 0 Å². The number of anilines is 4. The van der Waals surface area contributed by atoms with Crippen LogP contribution in [0.5, 0.6) is 0 Å². The average Bonchev–Trinajstić information content (AvgIpc) is 2.83. The number of aliphatic hydroxyl groups excluding tert-OH is 2. The molecule has 1 fully saturated rings. The number of alkyl halides is 3. The van der Waals surface area contributed by atoms with E-state index in [0.717, 1.165) is 6.08 Å². The molecule has 1 aromatic carbocycles. The second kappa shape index (κ2) is 11.1. The molecule has 0 radical (unpaired) electrons. The molecule has 35 heavy (non-hydrogen) atoms. The van der Waals surface area contributed by atoms with Gasteiger partial charge in [0.05, 0.1) is 18.0 Å². The summed E-state index contributed by atoms with van der Waals surface area (Å²) in [4.78, 5) is 33.0. The van der Waals surface area contributed by atoms with Crippen LogP contribution in [0.3, 0.4) is 0 Å². The van der Waals surface area contributed by atoms with Gasteiger partial charge in [-0.3, -0.25) is 9.59 Å². The normalized spacial score (nSPS) is 16.8. The van der Waals surface area contributed by atoms with Crippen LogP contribution in [0.2, 0.25) is 0 Å². The van der Waals surface area contributed by atoms with Gasteiger partial charge in [0.2, 0.25) is 11.9 Å². The van der Waals surface area contributed by atoms with E-state index in [0.29, 0.717) is 25.6 Å². The SMILES string of the molecule is C=CC(=O)Nc1ccccc1Nc1nc(NC2CCCN(C(=O)C(O)CO)C2)ncc1C(F)(F)F. The molecule has 1 aliphatic heterocycles. The molecule has 2 unspecified atom stereocenters. The van der Waals surface area contributed by atoms with Crippen molar-refractivity contribution < 1.29 is 33.0 Å². The van der Waals surface area contributed by atoms with Gasteiger partial charge in [-0.25, -0.2) is 4.98 Å². The molecular weight excluding hydrogens is 469 g/mol. The first-order chi connectivity index (χ1) is 16.6. The molecule has 5 N–H and O–H groups in total.